The van der Waals surface area contributed by atoms with Crippen molar-refractivity contribution in [2.45, 2.75) is 19.9 Å². The molecule has 0 aromatic heterocycles. The van der Waals surface area contributed by atoms with E-state index < -0.39 is 0 Å². The van der Waals surface area contributed by atoms with Crippen molar-refractivity contribution in [3.63, 3.8) is 0 Å². The maximum atomic E-state index is 4.07. The summed E-state index contributed by atoms with van der Waals surface area (Å²) >= 11 is 0. The first-order valence-corrected chi connectivity index (χ1v) is 3.05. The fraction of sp³-hybridized carbons (Fsp3) is 0.833. The molecule has 0 fully saturated rings. The summed E-state index contributed by atoms with van der Waals surface area (Å²) in [5, 5.41) is 3.14. The van der Waals surface area contributed by atoms with Crippen LogP contribution in [0.25, 0.3) is 0 Å². The van der Waals surface area contributed by atoms with Gasteiger partial charge in [0.25, 0.3) is 0 Å². The molecule has 2 nitrogen and oxygen atoms in total. The summed E-state index contributed by atoms with van der Waals surface area (Å²) in [6.07, 6.45) is 1.80. The predicted molar refractivity (Wildman–Crippen MR) is 35.1 cm³/mol. The Balaban J connectivity index is 2.44. The van der Waals surface area contributed by atoms with Gasteiger partial charge in [-0.05, 0) is 12.8 Å². The molecule has 1 aliphatic rings. The van der Waals surface area contributed by atoms with Gasteiger partial charge < -0.3 is 5.32 Å². The number of aliphatic imine (C=N–C) groups is 1. The van der Waals surface area contributed by atoms with Gasteiger partial charge in [0.2, 0.25) is 0 Å². The van der Waals surface area contributed by atoms with Gasteiger partial charge in [-0.3, -0.25) is 4.99 Å². The van der Waals surface area contributed by atoms with Gasteiger partial charge in [0.15, 0.2) is 0 Å². The lowest BCUT2D eigenvalue weighted by atomic mass is 10.0. The van der Waals surface area contributed by atoms with Crippen LogP contribution < -0.4 is 5.32 Å². The molecule has 0 bridgehead atoms. The Kier molecular flexibility index (Phi) is 1.51. The van der Waals surface area contributed by atoms with Gasteiger partial charge in [-0.15, -0.1) is 0 Å². The summed E-state index contributed by atoms with van der Waals surface area (Å²) in [5.41, 5.74) is 0. The quantitative estimate of drug-likeness (QED) is 0.488. The summed E-state index contributed by atoms with van der Waals surface area (Å²) in [6, 6.07) is 0.604. The summed E-state index contributed by atoms with van der Waals surface area (Å²) in [6.45, 7) is 5.36. The lowest BCUT2D eigenvalue weighted by molar-refractivity contribution is 0.445. The molecule has 0 aliphatic carbocycles. The van der Waals surface area contributed by atoms with E-state index in [1.54, 1.807) is 6.34 Å². The highest BCUT2D eigenvalue weighted by atomic mass is 15.0. The smallest absolute Gasteiger partial charge is 0.0826 e. The molecule has 0 radical (unpaired) electrons. The van der Waals surface area contributed by atoms with Gasteiger partial charge in [0.1, 0.15) is 0 Å². The first-order valence-electron chi connectivity index (χ1n) is 3.05. The third-order valence-corrected chi connectivity index (χ3v) is 1.68. The van der Waals surface area contributed by atoms with E-state index in [1.165, 1.54) is 0 Å². The highest BCUT2D eigenvalue weighted by Crippen LogP contribution is 2.04. The number of hydrogen-bond acceptors (Lipinski definition) is 2. The third-order valence-electron chi connectivity index (χ3n) is 1.68. The average molecular weight is 112 g/mol. The van der Waals surface area contributed by atoms with Gasteiger partial charge in [0, 0.05) is 12.6 Å². The summed E-state index contributed by atoms with van der Waals surface area (Å²) in [4.78, 5) is 4.07. The van der Waals surface area contributed by atoms with E-state index in [1.807, 2.05) is 0 Å². The Hall–Kier alpha value is -0.530. The molecule has 0 amide bonds. The largest absolute Gasteiger partial charge is 0.374 e. The van der Waals surface area contributed by atoms with Gasteiger partial charge in [-0.25, -0.2) is 0 Å². The standard InChI is InChI=1S/C6H12N2/c1-5-3-7-4-8-6(5)2/h4-6H,3H2,1-2H3,(H,7,8)/t5-,6-/m1/s1. The van der Waals surface area contributed by atoms with E-state index in [9.17, 15) is 0 Å². The van der Waals surface area contributed by atoms with Gasteiger partial charge in [-0.2, -0.15) is 0 Å². The molecule has 8 heavy (non-hydrogen) atoms. The van der Waals surface area contributed by atoms with Crippen molar-refractivity contribution in [3.05, 3.63) is 0 Å². The van der Waals surface area contributed by atoms with Crippen LogP contribution in [-0.2, 0) is 0 Å². The fourth-order valence-corrected chi connectivity index (χ4v) is 0.712. The van der Waals surface area contributed by atoms with E-state index in [4.69, 9.17) is 0 Å². The van der Waals surface area contributed by atoms with Crippen LogP contribution in [0.15, 0.2) is 4.99 Å². The molecule has 0 aromatic carbocycles. The lowest BCUT2D eigenvalue weighted by Crippen LogP contribution is -2.36. The number of nitrogens with zero attached hydrogens (tertiary/aromatic N) is 1. The molecule has 0 unspecified atom stereocenters. The summed E-state index contributed by atoms with van der Waals surface area (Å²) < 4.78 is 0. The zero-order valence-electron chi connectivity index (χ0n) is 5.39. The molecule has 0 saturated heterocycles. The molecule has 1 N–H and O–H groups in total. The van der Waals surface area contributed by atoms with E-state index in [-0.39, 0.29) is 0 Å². The number of nitrogens with one attached hydrogen (secondary N) is 1. The second-order valence-electron chi connectivity index (χ2n) is 2.43. The molecular weight excluding hydrogens is 100 g/mol. The minimum absolute atomic E-state index is 0.604. The van der Waals surface area contributed by atoms with Crippen molar-refractivity contribution in [3.8, 4) is 0 Å². The van der Waals surface area contributed by atoms with Crippen molar-refractivity contribution in [2.75, 3.05) is 6.54 Å². The van der Waals surface area contributed by atoms with Crippen LogP contribution in [0.3, 0.4) is 0 Å². The molecule has 0 saturated carbocycles. The highest BCUT2D eigenvalue weighted by molar-refractivity contribution is 5.55. The van der Waals surface area contributed by atoms with E-state index in [0.29, 0.717) is 12.0 Å². The van der Waals surface area contributed by atoms with E-state index in [2.05, 4.69) is 24.2 Å². The Morgan fingerprint density at radius 1 is 1.62 bits per heavy atom. The van der Waals surface area contributed by atoms with Crippen molar-refractivity contribution >= 4 is 6.34 Å². The second-order valence-corrected chi connectivity index (χ2v) is 2.43. The zero-order chi connectivity index (χ0) is 5.98. The van der Waals surface area contributed by atoms with Crippen LogP contribution in [0.4, 0.5) is 0 Å². The average Bonchev–Trinajstić information content (AvgIpc) is 1.77. The minimum Gasteiger partial charge on any atom is -0.374 e. The number of rotatable bonds is 0. The van der Waals surface area contributed by atoms with E-state index in [0.717, 1.165) is 6.54 Å². The normalized spacial score (nSPS) is 36.8. The van der Waals surface area contributed by atoms with Crippen LogP contribution in [0.1, 0.15) is 13.8 Å². The van der Waals surface area contributed by atoms with Crippen LogP contribution in [0.5, 0.6) is 0 Å². The SMILES string of the molecule is C[C@@H]1CN=CN[C@@H]1C. The highest BCUT2D eigenvalue weighted by Gasteiger charge is 2.11. The fourth-order valence-electron chi connectivity index (χ4n) is 0.712. The molecule has 1 heterocycles. The van der Waals surface area contributed by atoms with Crippen molar-refractivity contribution < 1.29 is 0 Å². The van der Waals surface area contributed by atoms with Crippen LogP contribution in [0.2, 0.25) is 0 Å². The molecule has 2 heteroatoms. The molecular formula is C6H12N2. The van der Waals surface area contributed by atoms with Crippen LogP contribution in [-0.4, -0.2) is 18.9 Å². The molecule has 0 aromatic rings. The Bertz CT molecular complexity index is 86.7. The predicted octanol–water partition coefficient (Wildman–Crippen LogP) is 0.643. The first kappa shape index (κ1) is 5.60. The van der Waals surface area contributed by atoms with Crippen LogP contribution >= 0.6 is 0 Å². The summed E-state index contributed by atoms with van der Waals surface area (Å²) in [7, 11) is 0. The van der Waals surface area contributed by atoms with Gasteiger partial charge >= 0.3 is 0 Å². The van der Waals surface area contributed by atoms with Gasteiger partial charge in [0.05, 0.1) is 6.34 Å². The molecule has 1 aliphatic heterocycles. The lowest BCUT2D eigenvalue weighted by Gasteiger charge is -2.21. The van der Waals surface area contributed by atoms with Gasteiger partial charge in [-0.1, -0.05) is 6.92 Å². The molecule has 0 spiro atoms. The zero-order valence-corrected chi connectivity index (χ0v) is 5.39. The Labute approximate surface area is 50.0 Å². The molecule has 2 atom stereocenters. The summed E-state index contributed by atoms with van der Waals surface area (Å²) in [5.74, 6) is 0.694. The maximum absolute atomic E-state index is 4.07. The van der Waals surface area contributed by atoms with E-state index >= 15 is 0 Å². The Morgan fingerprint density at radius 2 is 2.38 bits per heavy atom. The van der Waals surface area contributed by atoms with Crippen molar-refractivity contribution in [2.24, 2.45) is 10.9 Å². The second kappa shape index (κ2) is 2.16. The maximum Gasteiger partial charge on any atom is 0.0826 e. The topological polar surface area (TPSA) is 24.4 Å². The molecule has 1 rings (SSSR count). The minimum atomic E-state index is 0.604. The van der Waals surface area contributed by atoms with Crippen molar-refractivity contribution in [1.29, 1.82) is 0 Å². The van der Waals surface area contributed by atoms with Crippen molar-refractivity contribution in [1.82, 2.24) is 5.32 Å². The first-order chi connectivity index (χ1) is 3.80. The molecule has 46 valence electrons. The van der Waals surface area contributed by atoms with Crippen LogP contribution in [0, 0.1) is 5.92 Å². The monoisotopic (exact) mass is 112 g/mol. The Morgan fingerprint density at radius 3 is 2.75 bits per heavy atom. The number of hydrogen-bond donors (Lipinski definition) is 1. The third kappa shape index (κ3) is 0.997.